The molecule has 0 bridgehead atoms. The Hall–Kier alpha value is -2.49. The molecule has 0 aliphatic heterocycles. The molecule has 0 atom stereocenters. The summed E-state index contributed by atoms with van der Waals surface area (Å²) in [6.45, 7) is 0. The van der Waals surface area contributed by atoms with Crippen LogP contribution in [-0.2, 0) is 11.2 Å². The van der Waals surface area contributed by atoms with E-state index in [1.54, 1.807) is 12.1 Å². The summed E-state index contributed by atoms with van der Waals surface area (Å²) in [6.07, 6.45) is 0.335. The Morgan fingerprint density at radius 1 is 1.10 bits per heavy atom. The van der Waals surface area contributed by atoms with E-state index >= 15 is 0 Å². The van der Waals surface area contributed by atoms with Crippen molar-refractivity contribution in [3.05, 3.63) is 54.1 Å². The lowest BCUT2D eigenvalue weighted by Gasteiger charge is -2.17. The zero-order chi connectivity index (χ0) is 14.5. The SMILES string of the molecule is CN(C)c1ccccc1NC(=O)Cc1ccc(N)cc1. The molecule has 0 aliphatic carbocycles. The second kappa shape index (κ2) is 6.10. The second-order valence-electron chi connectivity index (χ2n) is 4.88. The Balaban J connectivity index is 2.07. The van der Waals surface area contributed by atoms with Gasteiger partial charge >= 0.3 is 0 Å². The predicted molar refractivity (Wildman–Crippen MR) is 84.0 cm³/mol. The quantitative estimate of drug-likeness (QED) is 0.838. The highest BCUT2D eigenvalue weighted by Gasteiger charge is 2.08. The van der Waals surface area contributed by atoms with Crippen molar-refractivity contribution in [2.24, 2.45) is 0 Å². The summed E-state index contributed by atoms with van der Waals surface area (Å²) in [5.41, 5.74) is 9.07. The number of carbonyl (C=O) groups excluding carboxylic acids is 1. The molecule has 3 N–H and O–H groups in total. The van der Waals surface area contributed by atoms with E-state index in [-0.39, 0.29) is 5.91 Å². The van der Waals surface area contributed by atoms with Gasteiger partial charge < -0.3 is 16.0 Å². The van der Waals surface area contributed by atoms with Gasteiger partial charge in [0.1, 0.15) is 0 Å². The van der Waals surface area contributed by atoms with Crippen LogP contribution in [0.2, 0.25) is 0 Å². The molecule has 0 saturated heterocycles. The smallest absolute Gasteiger partial charge is 0.228 e. The number of hydrogen-bond donors (Lipinski definition) is 2. The number of rotatable bonds is 4. The van der Waals surface area contributed by atoms with Gasteiger partial charge in [-0.2, -0.15) is 0 Å². The maximum Gasteiger partial charge on any atom is 0.228 e. The number of hydrogen-bond acceptors (Lipinski definition) is 3. The van der Waals surface area contributed by atoms with Gasteiger partial charge in [0.05, 0.1) is 17.8 Å². The Morgan fingerprint density at radius 3 is 2.40 bits per heavy atom. The van der Waals surface area contributed by atoms with Gasteiger partial charge in [0.2, 0.25) is 5.91 Å². The average Bonchev–Trinajstić information content (AvgIpc) is 2.41. The molecule has 20 heavy (non-hydrogen) atoms. The summed E-state index contributed by atoms with van der Waals surface area (Å²) >= 11 is 0. The van der Waals surface area contributed by atoms with Crippen LogP contribution in [0.4, 0.5) is 17.1 Å². The first kappa shape index (κ1) is 13.9. The van der Waals surface area contributed by atoms with Gasteiger partial charge in [0.25, 0.3) is 0 Å². The molecule has 0 fully saturated rings. The van der Waals surface area contributed by atoms with Crippen LogP contribution in [-0.4, -0.2) is 20.0 Å². The molecule has 0 heterocycles. The van der Waals surface area contributed by atoms with Crippen molar-refractivity contribution in [3.63, 3.8) is 0 Å². The number of benzene rings is 2. The minimum atomic E-state index is -0.0379. The fourth-order valence-electron chi connectivity index (χ4n) is 1.98. The van der Waals surface area contributed by atoms with E-state index in [4.69, 9.17) is 5.73 Å². The third kappa shape index (κ3) is 3.51. The van der Waals surface area contributed by atoms with Crippen molar-refractivity contribution in [2.45, 2.75) is 6.42 Å². The van der Waals surface area contributed by atoms with Crippen molar-refractivity contribution >= 4 is 23.0 Å². The molecule has 0 spiro atoms. The number of nitrogens with one attached hydrogen (secondary N) is 1. The number of amides is 1. The molecular formula is C16H19N3O. The average molecular weight is 269 g/mol. The molecule has 0 aromatic heterocycles. The van der Waals surface area contributed by atoms with Crippen LogP contribution in [0.3, 0.4) is 0 Å². The molecule has 4 heteroatoms. The second-order valence-corrected chi connectivity index (χ2v) is 4.88. The van der Waals surface area contributed by atoms with Crippen LogP contribution in [0.15, 0.2) is 48.5 Å². The molecule has 0 aliphatic rings. The molecule has 2 aromatic rings. The standard InChI is InChI=1S/C16H19N3O/c1-19(2)15-6-4-3-5-14(15)18-16(20)11-12-7-9-13(17)10-8-12/h3-10H,11,17H2,1-2H3,(H,18,20). The fraction of sp³-hybridized carbons (Fsp3) is 0.188. The van der Waals surface area contributed by atoms with Gasteiger partial charge in [-0.15, -0.1) is 0 Å². The van der Waals surface area contributed by atoms with Crippen molar-refractivity contribution < 1.29 is 4.79 Å². The number of nitrogens with zero attached hydrogens (tertiary/aromatic N) is 1. The van der Waals surface area contributed by atoms with Crippen molar-refractivity contribution in [2.75, 3.05) is 30.0 Å². The first-order chi connectivity index (χ1) is 9.56. The largest absolute Gasteiger partial charge is 0.399 e. The summed E-state index contributed by atoms with van der Waals surface area (Å²) < 4.78 is 0. The maximum absolute atomic E-state index is 12.1. The Morgan fingerprint density at radius 2 is 1.75 bits per heavy atom. The zero-order valence-electron chi connectivity index (χ0n) is 11.8. The van der Waals surface area contributed by atoms with Gasteiger partial charge in [-0.1, -0.05) is 24.3 Å². The van der Waals surface area contributed by atoms with E-state index in [1.165, 1.54) is 0 Å². The molecule has 104 valence electrons. The van der Waals surface area contributed by atoms with Gasteiger partial charge in [-0.25, -0.2) is 0 Å². The third-order valence-corrected chi connectivity index (χ3v) is 3.00. The topological polar surface area (TPSA) is 58.4 Å². The van der Waals surface area contributed by atoms with E-state index in [0.29, 0.717) is 12.1 Å². The van der Waals surface area contributed by atoms with Crippen molar-refractivity contribution in [1.82, 2.24) is 0 Å². The first-order valence-corrected chi connectivity index (χ1v) is 6.47. The van der Waals surface area contributed by atoms with E-state index < -0.39 is 0 Å². The summed E-state index contributed by atoms with van der Waals surface area (Å²) in [6, 6.07) is 15.1. The summed E-state index contributed by atoms with van der Waals surface area (Å²) in [4.78, 5) is 14.1. The number of nitrogens with two attached hydrogens (primary N) is 1. The molecule has 0 unspecified atom stereocenters. The highest BCUT2D eigenvalue weighted by Crippen LogP contribution is 2.23. The van der Waals surface area contributed by atoms with E-state index in [2.05, 4.69) is 5.32 Å². The van der Waals surface area contributed by atoms with E-state index in [1.807, 2.05) is 55.4 Å². The third-order valence-electron chi connectivity index (χ3n) is 3.00. The van der Waals surface area contributed by atoms with Gasteiger partial charge in [-0.05, 0) is 29.8 Å². The normalized spacial score (nSPS) is 10.1. The molecular weight excluding hydrogens is 250 g/mol. The van der Waals surface area contributed by atoms with Crippen LogP contribution < -0.4 is 16.0 Å². The Labute approximate surface area is 119 Å². The monoisotopic (exact) mass is 269 g/mol. The molecule has 2 aromatic carbocycles. The molecule has 2 rings (SSSR count). The summed E-state index contributed by atoms with van der Waals surface area (Å²) in [7, 11) is 3.90. The van der Waals surface area contributed by atoms with Crippen LogP contribution in [0.1, 0.15) is 5.56 Å². The number of carbonyl (C=O) groups is 1. The van der Waals surface area contributed by atoms with Crippen LogP contribution in [0, 0.1) is 0 Å². The predicted octanol–water partition coefficient (Wildman–Crippen LogP) is 2.52. The number of anilines is 3. The Bertz CT molecular complexity index is 591. The summed E-state index contributed by atoms with van der Waals surface area (Å²) in [5.74, 6) is -0.0379. The first-order valence-electron chi connectivity index (χ1n) is 6.47. The van der Waals surface area contributed by atoms with Gasteiger partial charge in [0.15, 0.2) is 0 Å². The summed E-state index contributed by atoms with van der Waals surface area (Å²) in [5, 5.41) is 2.94. The zero-order valence-corrected chi connectivity index (χ0v) is 11.8. The Kier molecular flexibility index (Phi) is 4.25. The highest BCUT2D eigenvalue weighted by molar-refractivity contribution is 5.95. The number of para-hydroxylation sites is 2. The fourth-order valence-corrected chi connectivity index (χ4v) is 1.98. The van der Waals surface area contributed by atoms with Gasteiger partial charge in [0, 0.05) is 19.8 Å². The van der Waals surface area contributed by atoms with Gasteiger partial charge in [-0.3, -0.25) is 4.79 Å². The molecule has 1 amide bonds. The highest BCUT2D eigenvalue weighted by atomic mass is 16.1. The maximum atomic E-state index is 12.1. The lowest BCUT2D eigenvalue weighted by molar-refractivity contribution is -0.115. The van der Waals surface area contributed by atoms with Crippen LogP contribution in [0.25, 0.3) is 0 Å². The minimum Gasteiger partial charge on any atom is -0.399 e. The lowest BCUT2D eigenvalue weighted by Crippen LogP contribution is -2.18. The van der Waals surface area contributed by atoms with E-state index in [0.717, 1.165) is 16.9 Å². The van der Waals surface area contributed by atoms with E-state index in [9.17, 15) is 4.79 Å². The van der Waals surface area contributed by atoms with Crippen LogP contribution in [0.5, 0.6) is 0 Å². The van der Waals surface area contributed by atoms with Crippen molar-refractivity contribution in [3.8, 4) is 0 Å². The lowest BCUT2D eigenvalue weighted by atomic mass is 10.1. The minimum absolute atomic E-state index is 0.0379. The van der Waals surface area contributed by atoms with Crippen molar-refractivity contribution in [1.29, 1.82) is 0 Å². The molecule has 0 radical (unpaired) electrons. The van der Waals surface area contributed by atoms with Crippen LogP contribution >= 0.6 is 0 Å². The molecule has 4 nitrogen and oxygen atoms in total. The number of nitrogen functional groups attached to an aromatic ring is 1. The molecule has 0 saturated carbocycles.